The number of nitrogens with zero attached hydrogens (tertiary/aromatic N) is 1. The maximum atomic E-state index is 13.2. The van der Waals surface area contributed by atoms with Crippen LogP contribution in [0.15, 0.2) is 42.5 Å². The smallest absolute Gasteiger partial charge is 0.162 e. The average Bonchev–Trinajstić information content (AvgIpc) is 3.04. The van der Waals surface area contributed by atoms with Gasteiger partial charge >= 0.3 is 0 Å². The third-order valence-corrected chi connectivity index (χ3v) is 4.40. The van der Waals surface area contributed by atoms with Crippen molar-refractivity contribution in [2.45, 2.75) is 18.6 Å². The molecule has 26 heavy (non-hydrogen) atoms. The topological polar surface area (TPSA) is 41.9 Å². The fourth-order valence-corrected chi connectivity index (χ4v) is 3.00. The van der Waals surface area contributed by atoms with Crippen LogP contribution in [0, 0.1) is 11.6 Å². The molecule has 140 valence electrons. The molecule has 2 aromatic rings. The van der Waals surface area contributed by atoms with Crippen molar-refractivity contribution in [3.8, 4) is 11.5 Å². The lowest BCUT2D eigenvalue weighted by Crippen LogP contribution is -2.35. The molecule has 0 bridgehead atoms. The summed E-state index contributed by atoms with van der Waals surface area (Å²) in [7, 11) is 0. The van der Waals surface area contributed by atoms with Crippen LogP contribution in [0.1, 0.15) is 6.42 Å². The molecule has 0 aromatic heterocycles. The molecule has 0 spiro atoms. The van der Waals surface area contributed by atoms with Crippen molar-refractivity contribution < 1.29 is 23.4 Å². The predicted molar refractivity (Wildman–Crippen MR) is 94.8 cm³/mol. The van der Waals surface area contributed by atoms with Crippen LogP contribution in [0.25, 0.3) is 0 Å². The molecule has 1 N–H and O–H groups in total. The Labute approximate surface area is 155 Å². The number of rotatable bonds is 7. The van der Waals surface area contributed by atoms with Gasteiger partial charge in [0.2, 0.25) is 0 Å². The van der Waals surface area contributed by atoms with E-state index in [0.717, 1.165) is 25.1 Å². The predicted octanol–water partition coefficient (Wildman–Crippen LogP) is 3.51. The summed E-state index contributed by atoms with van der Waals surface area (Å²) >= 11 is 5.81. The van der Waals surface area contributed by atoms with Crippen LogP contribution in [0.5, 0.6) is 11.5 Å². The van der Waals surface area contributed by atoms with E-state index in [1.807, 2.05) is 0 Å². The van der Waals surface area contributed by atoms with E-state index < -0.39 is 17.7 Å². The summed E-state index contributed by atoms with van der Waals surface area (Å²) in [5.41, 5.74) is 0. The molecule has 2 unspecified atom stereocenters. The number of halogens is 3. The Morgan fingerprint density at radius 2 is 1.85 bits per heavy atom. The largest absolute Gasteiger partial charge is 0.491 e. The second-order valence-electron chi connectivity index (χ2n) is 6.28. The van der Waals surface area contributed by atoms with Crippen LogP contribution < -0.4 is 9.47 Å². The fourth-order valence-electron chi connectivity index (χ4n) is 2.88. The van der Waals surface area contributed by atoms with E-state index in [9.17, 15) is 13.9 Å². The summed E-state index contributed by atoms with van der Waals surface area (Å²) in [6.07, 6.45) is -0.0130. The molecule has 7 heteroatoms. The Kier molecular flexibility index (Phi) is 6.29. The number of aliphatic hydroxyl groups excluding tert-OH is 1. The minimum Gasteiger partial charge on any atom is -0.491 e. The number of benzene rings is 2. The lowest BCUT2D eigenvalue weighted by atomic mass is 10.3. The van der Waals surface area contributed by atoms with Gasteiger partial charge < -0.3 is 14.6 Å². The van der Waals surface area contributed by atoms with Crippen LogP contribution >= 0.6 is 11.6 Å². The Bertz CT molecular complexity index is 729. The molecule has 1 heterocycles. The number of hydrogen-bond acceptors (Lipinski definition) is 4. The minimum atomic E-state index is -0.924. The lowest BCUT2D eigenvalue weighted by molar-refractivity contribution is 0.0720. The van der Waals surface area contributed by atoms with Gasteiger partial charge in [-0.15, -0.1) is 0 Å². The molecule has 2 atom stereocenters. The number of likely N-dealkylation sites (tertiary alicyclic amines) is 1. The van der Waals surface area contributed by atoms with Crippen LogP contribution in [-0.2, 0) is 0 Å². The Morgan fingerprint density at radius 1 is 1.12 bits per heavy atom. The quantitative estimate of drug-likeness (QED) is 0.794. The van der Waals surface area contributed by atoms with Crippen LogP contribution in [-0.4, -0.2) is 48.5 Å². The highest BCUT2D eigenvalue weighted by Gasteiger charge is 2.26. The monoisotopic (exact) mass is 383 g/mol. The van der Waals surface area contributed by atoms with E-state index in [4.69, 9.17) is 21.1 Å². The van der Waals surface area contributed by atoms with E-state index in [2.05, 4.69) is 4.90 Å². The van der Waals surface area contributed by atoms with Gasteiger partial charge in [-0.1, -0.05) is 11.6 Å². The van der Waals surface area contributed by atoms with Gasteiger partial charge in [0.05, 0.1) is 0 Å². The van der Waals surface area contributed by atoms with Crippen molar-refractivity contribution in [3.63, 3.8) is 0 Å². The van der Waals surface area contributed by atoms with Crippen molar-refractivity contribution >= 4 is 11.6 Å². The van der Waals surface area contributed by atoms with E-state index in [0.29, 0.717) is 29.6 Å². The number of β-amino-alcohol motifs (C(OH)–C–C–N with tert-alkyl or cyclic N) is 1. The Morgan fingerprint density at radius 3 is 2.58 bits per heavy atom. The summed E-state index contributed by atoms with van der Waals surface area (Å²) in [5.74, 6) is -0.863. The third kappa shape index (κ3) is 5.30. The summed E-state index contributed by atoms with van der Waals surface area (Å²) < 4.78 is 37.4. The molecule has 3 rings (SSSR count). The van der Waals surface area contributed by atoms with Gasteiger partial charge in [-0.3, -0.25) is 4.90 Å². The SMILES string of the molecule is OC(COc1ccc(Cl)cc1)CN1CCC(Oc2ccc(F)c(F)c2)C1. The standard InChI is InChI=1S/C19H20ClF2NO3/c20-13-1-3-15(4-2-13)25-12-14(24)10-23-8-7-17(11-23)26-16-5-6-18(21)19(22)9-16/h1-6,9,14,17,24H,7-8,10-12H2. The van der Waals surface area contributed by atoms with Crippen molar-refractivity contribution in [1.29, 1.82) is 0 Å². The summed E-state index contributed by atoms with van der Waals surface area (Å²) in [4.78, 5) is 2.06. The molecule has 1 fully saturated rings. The van der Waals surface area contributed by atoms with Crippen molar-refractivity contribution in [1.82, 2.24) is 4.90 Å². The molecular weight excluding hydrogens is 364 g/mol. The molecule has 1 aliphatic rings. The zero-order chi connectivity index (χ0) is 18.5. The Balaban J connectivity index is 1.42. The van der Waals surface area contributed by atoms with Gasteiger partial charge in [-0.25, -0.2) is 8.78 Å². The molecule has 0 radical (unpaired) electrons. The van der Waals surface area contributed by atoms with Crippen LogP contribution in [0.2, 0.25) is 5.02 Å². The zero-order valence-corrected chi connectivity index (χ0v) is 14.8. The van der Waals surface area contributed by atoms with Crippen molar-refractivity contribution in [2.75, 3.05) is 26.2 Å². The maximum absolute atomic E-state index is 13.2. The fraction of sp³-hybridized carbons (Fsp3) is 0.368. The number of hydrogen-bond donors (Lipinski definition) is 1. The number of aliphatic hydroxyl groups is 1. The summed E-state index contributed by atoms with van der Waals surface area (Å²) in [6, 6.07) is 10.5. The average molecular weight is 384 g/mol. The van der Waals surface area contributed by atoms with E-state index in [1.165, 1.54) is 6.07 Å². The highest BCUT2D eigenvalue weighted by atomic mass is 35.5. The molecule has 1 aliphatic heterocycles. The molecular formula is C19H20ClF2NO3. The van der Waals surface area contributed by atoms with Gasteiger partial charge in [-0.05, 0) is 42.8 Å². The second kappa shape index (κ2) is 8.66. The van der Waals surface area contributed by atoms with E-state index in [-0.39, 0.29) is 12.7 Å². The Hall–Kier alpha value is -1.89. The minimum absolute atomic E-state index is 0.121. The van der Waals surface area contributed by atoms with E-state index in [1.54, 1.807) is 24.3 Å². The maximum Gasteiger partial charge on any atom is 0.162 e. The molecule has 0 saturated carbocycles. The first-order chi connectivity index (χ1) is 12.5. The van der Waals surface area contributed by atoms with Crippen LogP contribution in [0.3, 0.4) is 0 Å². The first kappa shape index (κ1) is 18.9. The lowest BCUT2D eigenvalue weighted by Gasteiger charge is -2.20. The zero-order valence-electron chi connectivity index (χ0n) is 14.1. The molecule has 2 aromatic carbocycles. The van der Waals surface area contributed by atoms with Crippen molar-refractivity contribution in [3.05, 3.63) is 59.1 Å². The summed E-state index contributed by atoms with van der Waals surface area (Å²) in [6.45, 7) is 1.99. The van der Waals surface area contributed by atoms with Crippen molar-refractivity contribution in [2.24, 2.45) is 0 Å². The normalized spacial score (nSPS) is 18.7. The van der Waals surface area contributed by atoms with Gasteiger partial charge in [0.25, 0.3) is 0 Å². The van der Waals surface area contributed by atoms with Gasteiger partial charge in [-0.2, -0.15) is 0 Å². The first-order valence-corrected chi connectivity index (χ1v) is 8.78. The highest BCUT2D eigenvalue weighted by Crippen LogP contribution is 2.21. The van der Waals surface area contributed by atoms with Crippen LogP contribution in [0.4, 0.5) is 8.78 Å². The molecule has 1 saturated heterocycles. The van der Waals surface area contributed by atoms with E-state index >= 15 is 0 Å². The highest BCUT2D eigenvalue weighted by molar-refractivity contribution is 6.30. The second-order valence-corrected chi connectivity index (χ2v) is 6.72. The van der Waals surface area contributed by atoms with Gasteiger partial charge in [0, 0.05) is 30.7 Å². The third-order valence-electron chi connectivity index (χ3n) is 4.15. The number of ether oxygens (including phenoxy) is 2. The summed E-state index contributed by atoms with van der Waals surface area (Å²) in [5, 5.41) is 10.8. The molecule has 0 amide bonds. The first-order valence-electron chi connectivity index (χ1n) is 8.40. The van der Waals surface area contributed by atoms with Gasteiger partial charge in [0.15, 0.2) is 11.6 Å². The molecule has 0 aliphatic carbocycles. The molecule has 4 nitrogen and oxygen atoms in total. The van der Waals surface area contributed by atoms with Gasteiger partial charge in [0.1, 0.15) is 30.3 Å².